The van der Waals surface area contributed by atoms with Gasteiger partial charge in [-0.3, -0.25) is 4.99 Å². The van der Waals surface area contributed by atoms with Crippen molar-refractivity contribution >= 4 is 16.0 Å². The average Bonchev–Trinajstić information content (AvgIpc) is 2.48. The van der Waals surface area contributed by atoms with Crippen LogP contribution in [-0.2, 0) is 10.0 Å². The SMILES string of the molecule is CN=C(NCCNC(C)(C)C)NC1CCN(S(=O)(=O)C(F)(F)F)CC1. The summed E-state index contributed by atoms with van der Waals surface area (Å²) in [6.45, 7) is 7.21. The Kier molecular flexibility index (Phi) is 7.51. The molecule has 1 aliphatic heterocycles. The summed E-state index contributed by atoms with van der Waals surface area (Å²) in [6.07, 6.45) is 0.576. The second-order valence-electron chi connectivity index (χ2n) is 6.94. The van der Waals surface area contributed by atoms with Crippen molar-refractivity contribution in [1.29, 1.82) is 0 Å². The Balaban J connectivity index is 2.42. The molecule has 1 saturated heterocycles. The van der Waals surface area contributed by atoms with Crippen LogP contribution < -0.4 is 16.0 Å². The molecule has 0 aromatic rings. The minimum atomic E-state index is -5.25. The van der Waals surface area contributed by atoms with Gasteiger partial charge in [-0.15, -0.1) is 0 Å². The first-order valence-electron chi connectivity index (χ1n) is 8.15. The van der Waals surface area contributed by atoms with Gasteiger partial charge in [0.15, 0.2) is 5.96 Å². The normalized spacial score (nSPS) is 19.1. The van der Waals surface area contributed by atoms with Gasteiger partial charge in [-0.1, -0.05) is 0 Å². The van der Waals surface area contributed by atoms with E-state index in [9.17, 15) is 21.6 Å². The summed E-state index contributed by atoms with van der Waals surface area (Å²) in [5.41, 5.74) is -5.24. The van der Waals surface area contributed by atoms with Gasteiger partial charge in [0.2, 0.25) is 0 Å². The van der Waals surface area contributed by atoms with E-state index >= 15 is 0 Å². The van der Waals surface area contributed by atoms with Gasteiger partial charge in [0.1, 0.15) is 0 Å². The van der Waals surface area contributed by atoms with Crippen LogP contribution in [0.3, 0.4) is 0 Å². The van der Waals surface area contributed by atoms with Crippen LogP contribution in [0.15, 0.2) is 4.99 Å². The number of hydrogen-bond donors (Lipinski definition) is 3. The molecular formula is C14H28F3N5O2S. The van der Waals surface area contributed by atoms with Gasteiger partial charge in [-0.05, 0) is 33.6 Å². The van der Waals surface area contributed by atoms with E-state index in [0.717, 1.165) is 6.54 Å². The number of piperidine rings is 1. The third-order valence-electron chi connectivity index (χ3n) is 3.72. The molecule has 7 nitrogen and oxygen atoms in total. The highest BCUT2D eigenvalue weighted by Crippen LogP contribution is 2.28. The quantitative estimate of drug-likeness (QED) is 0.370. The molecule has 25 heavy (non-hydrogen) atoms. The molecule has 1 aliphatic rings. The van der Waals surface area contributed by atoms with Gasteiger partial charge in [-0.25, -0.2) is 8.42 Å². The highest BCUT2D eigenvalue weighted by atomic mass is 32.2. The van der Waals surface area contributed by atoms with E-state index in [0.29, 0.717) is 16.8 Å². The van der Waals surface area contributed by atoms with Gasteiger partial charge in [0, 0.05) is 44.8 Å². The number of halogens is 3. The number of aliphatic imine (C=N–C) groups is 1. The molecule has 0 amide bonds. The lowest BCUT2D eigenvalue weighted by Gasteiger charge is -2.32. The van der Waals surface area contributed by atoms with E-state index in [1.807, 2.05) is 0 Å². The lowest BCUT2D eigenvalue weighted by Crippen LogP contribution is -2.52. The van der Waals surface area contributed by atoms with E-state index in [2.05, 4.69) is 41.7 Å². The molecular weight excluding hydrogens is 359 g/mol. The summed E-state index contributed by atoms with van der Waals surface area (Å²) in [6, 6.07) is -0.124. The zero-order chi connectivity index (χ0) is 19.3. The van der Waals surface area contributed by atoms with Crippen molar-refractivity contribution < 1.29 is 21.6 Å². The number of guanidine groups is 1. The summed E-state index contributed by atoms with van der Waals surface area (Å²) in [5, 5.41) is 9.56. The molecule has 0 bridgehead atoms. The average molecular weight is 387 g/mol. The zero-order valence-electron chi connectivity index (χ0n) is 15.1. The second-order valence-corrected chi connectivity index (χ2v) is 8.87. The van der Waals surface area contributed by atoms with Crippen LogP contribution in [0.4, 0.5) is 13.2 Å². The Morgan fingerprint density at radius 3 is 2.16 bits per heavy atom. The van der Waals surface area contributed by atoms with Crippen LogP contribution in [0, 0.1) is 0 Å². The maximum atomic E-state index is 12.6. The van der Waals surface area contributed by atoms with Gasteiger partial charge in [-0.2, -0.15) is 17.5 Å². The molecule has 0 atom stereocenters. The first kappa shape index (κ1) is 22.0. The molecule has 1 fully saturated rings. The Bertz CT molecular complexity index is 550. The van der Waals surface area contributed by atoms with E-state index in [1.165, 1.54) is 0 Å². The van der Waals surface area contributed by atoms with Crippen molar-refractivity contribution in [3.63, 3.8) is 0 Å². The molecule has 0 aromatic heterocycles. The standard InChI is InChI=1S/C14H28F3N5O2S/c1-13(2,3)20-8-7-19-12(18-4)21-11-5-9-22(10-6-11)25(23,24)14(15,16)17/h11,20H,5-10H2,1-4H3,(H2,18,19,21). The Morgan fingerprint density at radius 2 is 1.72 bits per heavy atom. The molecule has 0 spiro atoms. The van der Waals surface area contributed by atoms with Crippen molar-refractivity contribution in [3.8, 4) is 0 Å². The monoisotopic (exact) mass is 387 g/mol. The fourth-order valence-electron chi connectivity index (χ4n) is 2.39. The van der Waals surface area contributed by atoms with Crippen molar-refractivity contribution in [2.45, 2.75) is 50.7 Å². The topological polar surface area (TPSA) is 85.8 Å². The van der Waals surface area contributed by atoms with Crippen LogP contribution in [0.5, 0.6) is 0 Å². The molecule has 0 aromatic carbocycles. The molecule has 0 radical (unpaired) electrons. The van der Waals surface area contributed by atoms with E-state index in [4.69, 9.17) is 0 Å². The summed E-state index contributed by atoms with van der Waals surface area (Å²) >= 11 is 0. The Morgan fingerprint density at radius 1 is 1.16 bits per heavy atom. The maximum Gasteiger partial charge on any atom is 0.511 e. The largest absolute Gasteiger partial charge is 0.511 e. The van der Waals surface area contributed by atoms with Crippen LogP contribution >= 0.6 is 0 Å². The minimum absolute atomic E-state index is 0.00936. The molecule has 0 unspecified atom stereocenters. The molecule has 1 rings (SSSR count). The number of sulfonamides is 1. The zero-order valence-corrected chi connectivity index (χ0v) is 15.9. The molecule has 0 aliphatic carbocycles. The summed E-state index contributed by atoms with van der Waals surface area (Å²) in [5.74, 6) is 0.549. The summed E-state index contributed by atoms with van der Waals surface area (Å²) < 4.78 is 60.9. The predicted molar refractivity (Wildman–Crippen MR) is 91.8 cm³/mol. The number of nitrogens with one attached hydrogen (secondary N) is 3. The van der Waals surface area contributed by atoms with Crippen LogP contribution in [0.2, 0.25) is 0 Å². The van der Waals surface area contributed by atoms with Crippen molar-refractivity contribution in [2.75, 3.05) is 33.2 Å². The van der Waals surface area contributed by atoms with Gasteiger partial charge < -0.3 is 16.0 Å². The van der Waals surface area contributed by atoms with E-state index < -0.39 is 15.5 Å². The first-order valence-corrected chi connectivity index (χ1v) is 9.59. The summed E-state index contributed by atoms with van der Waals surface area (Å²) in [7, 11) is -3.63. The Labute approximate surface area is 147 Å². The third kappa shape index (κ3) is 6.98. The fourth-order valence-corrected chi connectivity index (χ4v) is 3.38. The lowest BCUT2D eigenvalue weighted by molar-refractivity contribution is -0.0494. The number of alkyl halides is 3. The van der Waals surface area contributed by atoms with Crippen LogP contribution in [0.25, 0.3) is 0 Å². The van der Waals surface area contributed by atoms with Crippen molar-refractivity contribution in [1.82, 2.24) is 20.3 Å². The summed E-state index contributed by atoms with van der Waals surface area (Å²) in [4.78, 5) is 4.08. The number of nitrogens with zero attached hydrogens (tertiary/aromatic N) is 2. The highest BCUT2D eigenvalue weighted by molar-refractivity contribution is 7.90. The van der Waals surface area contributed by atoms with Crippen molar-refractivity contribution in [3.05, 3.63) is 0 Å². The molecule has 3 N–H and O–H groups in total. The smallest absolute Gasteiger partial charge is 0.355 e. The molecule has 0 saturated carbocycles. The highest BCUT2D eigenvalue weighted by Gasteiger charge is 2.50. The third-order valence-corrected chi connectivity index (χ3v) is 5.35. The van der Waals surface area contributed by atoms with Crippen molar-refractivity contribution in [2.24, 2.45) is 4.99 Å². The van der Waals surface area contributed by atoms with E-state index in [1.54, 1.807) is 7.05 Å². The molecule has 148 valence electrons. The Hall–Kier alpha value is -1.07. The van der Waals surface area contributed by atoms with Gasteiger partial charge >= 0.3 is 15.5 Å². The number of rotatable bonds is 5. The second kappa shape index (κ2) is 8.54. The first-order chi connectivity index (χ1) is 11.4. The lowest BCUT2D eigenvalue weighted by atomic mass is 10.1. The fraction of sp³-hybridized carbons (Fsp3) is 0.929. The minimum Gasteiger partial charge on any atom is -0.355 e. The number of hydrogen-bond acceptors (Lipinski definition) is 4. The van der Waals surface area contributed by atoms with Crippen LogP contribution in [-0.4, -0.2) is 69.0 Å². The van der Waals surface area contributed by atoms with E-state index in [-0.39, 0.29) is 37.5 Å². The predicted octanol–water partition coefficient (Wildman–Crippen LogP) is 0.853. The molecule has 1 heterocycles. The molecule has 11 heteroatoms. The van der Waals surface area contributed by atoms with Gasteiger partial charge in [0.05, 0.1) is 0 Å². The van der Waals surface area contributed by atoms with Crippen LogP contribution in [0.1, 0.15) is 33.6 Å². The van der Waals surface area contributed by atoms with Gasteiger partial charge in [0.25, 0.3) is 0 Å². The maximum absolute atomic E-state index is 12.6.